The standard InChI is InChI=1S/C12H13Br2NO2/c1-17-11-7-8(4-5-9(11)13)15-6-2-3-10(14)12(15)16/h4-5,7,10H,2-3,6H2,1H3. The number of halogens is 2. The number of hydrogen-bond acceptors (Lipinski definition) is 2. The Morgan fingerprint density at radius 1 is 1.47 bits per heavy atom. The van der Waals surface area contributed by atoms with Crippen LogP contribution in [0.2, 0.25) is 0 Å². The molecule has 0 saturated carbocycles. The number of ether oxygens (including phenoxy) is 1. The summed E-state index contributed by atoms with van der Waals surface area (Å²) >= 11 is 6.81. The molecule has 3 nitrogen and oxygen atoms in total. The van der Waals surface area contributed by atoms with E-state index < -0.39 is 0 Å². The van der Waals surface area contributed by atoms with Crippen LogP contribution < -0.4 is 9.64 Å². The van der Waals surface area contributed by atoms with Crippen molar-refractivity contribution in [2.75, 3.05) is 18.6 Å². The highest BCUT2D eigenvalue weighted by Crippen LogP contribution is 2.32. The van der Waals surface area contributed by atoms with Gasteiger partial charge in [0.25, 0.3) is 0 Å². The van der Waals surface area contributed by atoms with E-state index in [4.69, 9.17) is 4.74 Å². The van der Waals surface area contributed by atoms with E-state index in [1.807, 2.05) is 18.2 Å². The number of hydrogen-bond donors (Lipinski definition) is 0. The molecule has 1 heterocycles. The monoisotopic (exact) mass is 361 g/mol. The molecule has 0 aromatic heterocycles. The summed E-state index contributed by atoms with van der Waals surface area (Å²) in [5, 5.41) is 0. The third-order valence-corrected chi connectivity index (χ3v) is 4.32. The van der Waals surface area contributed by atoms with Gasteiger partial charge in [0.2, 0.25) is 5.91 Å². The van der Waals surface area contributed by atoms with E-state index in [1.165, 1.54) is 0 Å². The third kappa shape index (κ3) is 2.65. The lowest BCUT2D eigenvalue weighted by atomic mass is 10.1. The molecule has 17 heavy (non-hydrogen) atoms. The first-order valence-electron chi connectivity index (χ1n) is 5.42. The molecule has 1 amide bonds. The number of anilines is 1. The van der Waals surface area contributed by atoms with Gasteiger partial charge in [0.1, 0.15) is 5.75 Å². The second-order valence-electron chi connectivity index (χ2n) is 3.92. The molecule has 0 spiro atoms. The fourth-order valence-corrected chi connectivity index (χ4v) is 2.88. The minimum atomic E-state index is -0.0640. The van der Waals surface area contributed by atoms with Crippen LogP contribution in [-0.4, -0.2) is 24.4 Å². The fraction of sp³-hybridized carbons (Fsp3) is 0.417. The van der Waals surface area contributed by atoms with E-state index in [1.54, 1.807) is 12.0 Å². The summed E-state index contributed by atoms with van der Waals surface area (Å²) in [6, 6.07) is 5.71. The van der Waals surface area contributed by atoms with Crippen molar-refractivity contribution in [2.24, 2.45) is 0 Å². The zero-order valence-corrected chi connectivity index (χ0v) is 12.6. The minimum Gasteiger partial charge on any atom is -0.495 e. The number of amides is 1. The van der Waals surface area contributed by atoms with E-state index >= 15 is 0 Å². The maximum absolute atomic E-state index is 12.0. The average Bonchev–Trinajstić information content (AvgIpc) is 2.34. The van der Waals surface area contributed by atoms with E-state index in [0.29, 0.717) is 0 Å². The molecule has 1 aliphatic heterocycles. The van der Waals surface area contributed by atoms with Crippen LogP contribution in [0.3, 0.4) is 0 Å². The molecule has 0 N–H and O–H groups in total. The highest BCUT2D eigenvalue weighted by Gasteiger charge is 2.27. The molecular formula is C12H13Br2NO2. The van der Waals surface area contributed by atoms with Crippen LogP contribution in [0.15, 0.2) is 22.7 Å². The summed E-state index contributed by atoms with van der Waals surface area (Å²) in [7, 11) is 1.62. The van der Waals surface area contributed by atoms with Gasteiger partial charge in [0, 0.05) is 18.3 Å². The Kier molecular flexibility index (Phi) is 4.09. The maximum atomic E-state index is 12.0. The van der Waals surface area contributed by atoms with Gasteiger partial charge in [-0.25, -0.2) is 0 Å². The van der Waals surface area contributed by atoms with Gasteiger partial charge in [0.15, 0.2) is 0 Å². The highest BCUT2D eigenvalue weighted by atomic mass is 79.9. The maximum Gasteiger partial charge on any atom is 0.240 e. The van der Waals surface area contributed by atoms with Gasteiger partial charge in [0.05, 0.1) is 16.4 Å². The van der Waals surface area contributed by atoms with Crippen molar-refractivity contribution in [3.05, 3.63) is 22.7 Å². The van der Waals surface area contributed by atoms with Crippen molar-refractivity contribution in [1.82, 2.24) is 0 Å². The lowest BCUT2D eigenvalue weighted by Crippen LogP contribution is -2.41. The summed E-state index contributed by atoms with van der Waals surface area (Å²) < 4.78 is 6.13. The molecule has 2 rings (SSSR count). The summed E-state index contributed by atoms with van der Waals surface area (Å²) in [5.41, 5.74) is 0.888. The molecule has 5 heteroatoms. The number of carbonyl (C=O) groups is 1. The Labute approximate surface area is 117 Å². The predicted molar refractivity (Wildman–Crippen MR) is 75.0 cm³/mol. The molecule has 0 radical (unpaired) electrons. The first-order valence-corrected chi connectivity index (χ1v) is 7.13. The molecule has 1 saturated heterocycles. The third-order valence-electron chi connectivity index (χ3n) is 2.82. The molecule has 1 aromatic rings. The Morgan fingerprint density at radius 3 is 2.94 bits per heavy atom. The Balaban J connectivity index is 2.30. The number of piperidine rings is 1. The zero-order valence-electron chi connectivity index (χ0n) is 9.45. The van der Waals surface area contributed by atoms with Gasteiger partial charge in [-0.15, -0.1) is 0 Å². The average molecular weight is 363 g/mol. The van der Waals surface area contributed by atoms with Crippen molar-refractivity contribution in [2.45, 2.75) is 17.7 Å². The molecule has 1 unspecified atom stereocenters. The second-order valence-corrected chi connectivity index (χ2v) is 5.88. The number of alkyl halides is 1. The SMILES string of the molecule is COc1cc(N2CCCC(Br)C2=O)ccc1Br. The number of nitrogens with zero attached hydrogens (tertiary/aromatic N) is 1. The molecular weight excluding hydrogens is 350 g/mol. The largest absolute Gasteiger partial charge is 0.495 e. The normalized spacial score (nSPS) is 20.5. The van der Waals surface area contributed by atoms with Gasteiger partial charge >= 0.3 is 0 Å². The number of methoxy groups -OCH3 is 1. The lowest BCUT2D eigenvalue weighted by Gasteiger charge is -2.30. The van der Waals surface area contributed by atoms with Crippen LogP contribution in [0.4, 0.5) is 5.69 Å². The van der Waals surface area contributed by atoms with Crippen LogP contribution in [-0.2, 0) is 4.79 Å². The summed E-state index contributed by atoms with van der Waals surface area (Å²) in [4.78, 5) is 13.8. The predicted octanol–water partition coefficient (Wildman–Crippen LogP) is 3.35. The van der Waals surface area contributed by atoms with Gasteiger partial charge in [-0.2, -0.15) is 0 Å². The summed E-state index contributed by atoms with van der Waals surface area (Å²) in [5.74, 6) is 0.868. The topological polar surface area (TPSA) is 29.5 Å². The Hall–Kier alpha value is -0.550. The van der Waals surface area contributed by atoms with E-state index in [0.717, 1.165) is 35.3 Å². The second kappa shape index (κ2) is 5.40. The molecule has 92 valence electrons. The fourth-order valence-electron chi connectivity index (χ4n) is 1.90. The van der Waals surface area contributed by atoms with Gasteiger partial charge in [-0.3, -0.25) is 4.79 Å². The van der Waals surface area contributed by atoms with E-state index in [-0.39, 0.29) is 10.7 Å². The highest BCUT2D eigenvalue weighted by molar-refractivity contribution is 9.10. The van der Waals surface area contributed by atoms with Crippen molar-refractivity contribution >= 4 is 43.5 Å². The van der Waals surface area contributed by atoms with Crippen LogP contribution in [0.1, 0.15) is 12.8 Å². The van der Waals surface area contributed by atoms with Crippen molar-refractivity contribution in [1.29, 1.82) is 0 Å². The lowest BCUT2D eigenvalue weighted by molar-refractivity contribution is -0.118. The van der Waals surface area contributed by atoms with E-state index in [2.05, 4.69) is 31.9 Å². The van der Waals surface area contributed by atoms with Crippen LogP contribution in [0.25, 0.3) is 0 Å². The molecule has 1 atom stereocenters. The molecule has 1 aliphatic rings. The quantitative estimate of drug-likeness (QED) is 0.755. The van der Waals surface area contributed by atoms with Gasteiger partial charge in [-0.1, -0.05) is 15.9 Å². The van der Waals surface area contributed by atoms with Crippen LogP contribution >= 0.6 is 31.9 Å². The van der Waals surface area contributed by atoms with E-state index in [9.17, 15) is 4.79 Å². The van der Waals surface area contributed by atoms with Crippen molar-refractivity contribution in [3.63, 3.8) is 0 Å². The Morgan fingerprint density at radius 2 is 2.24 bits per heavy atom. The smallest absolute Gasteiger partial charge is 0.240 e. The Bertz CT molecular complexity index is 437. The number of carbonyl (C=O) groups excluding carboxylic acids is 1. The molecule has 0 aliphatic carbocycles. The summed E-state index contributed by atoms with van der Waals surface area (Å²) in [6.07, 6.45) is 1.92. The first kappa shape index (κ1) is 12.9. The summed E-state index contributed by atoms with van der Waals surface area (Å²) in [6.45, 7) is 0.770. The number of rotatable bonds is 2. The van der Waals surface area contributed by atoms with Crippen molar-refractivity contribution < 1.29 is 9.53 Å². The molecule has 0 bridgehead atoms. The van der Waals surface area contributed by atoms with Crippen LogP contribution in [0.5, 0.6) is 5.75 Å². The molecule has 1 aromatic carbocycles. The molecule has 1 fully saturated rings. The van der Waals surface area contributed by atoms with Gasteiger partial charge < -0.3 is 9.64 Å². The van der Waals surface area contributed by atoms with Crippen molar-refractivity contribution in [3.8, 4) is 5.75 Å². The van der Waals surface area contributed by atoms with Crippen LogP contribution in [0, 0.1) is 0 Å². The number of benzene rings is 1. The minimum absolute atomic E-state index is 0.0640. The van der Waals surface area contributed by atoms with Gasteiger partial charge in [-0.05, 0) is 40.9 Å². The first-order chi connectivity index (χ1) is 8.13. The zero-order chi connectivity index (χ0) is 12.4.